The smallest absolute Gasteiger partial charge is 0.294 e. The molecule has 0 aromatic heterocycles. The van der Waals surface area contributed by atoms with Crippen LogP contribution in [0.1, 0.15) is 0 Å². The Hall–Kier alpha value is -0.0751. The molecule has 0 bridgehead atoms. The number of hydrogen-bond acceptors (Lipinski definition) is 6. The molecule has 0 fully saturated rings. The van der Waals surface area contributed by atoms with Crippen LogP contribution in [0.25, 0.3) is 0 Å². The molecule has 5 nitrogen and oxygen atoms in total. The van der Waals surface area contributed by atoms with Crippen LogP contribution in [-0.4, -0.2) is 37.7 Å². The van der Waals surface area contributed by atoms with Gasteiger partial charge in [0.1, 0.15) is 6.61 Å². The molecule has 0 saturated carbocycles. The van der Waals surface area contributed by atoms with E-state index in [2.05, 4.69) is 10.1 Å². The average Bonchev–Trinajstić information content (AvgIpc) is 2.02. The summed E-state index contributed by atoms with van der Waals surface area (Å²) in [6.45, 7) is 0.870. The number of hydrogen-bond donors (Lipinski definition) is 1. The fourth-order valence-electron chi connectivity index (χ4n) is 0.364. The Morgan fingerprint density at radius 3 is 2.75 bits per heavy atom. The highest BCUT2D eigenvalue weighted by Crippen LogP contribution is 2.19. The predicted octanol–water partition coefficient (Wildman–Crippen LogP) is 0.249. The van der Waals surface area contributed by atoms with Crippen molar-refractivity contribution in [3.63, 3.8) is 0 Å². The van der Waals surface area contributed by atoms with Crippen LogP contribution in [0.4, 0.5) is 0 Å². The summed E-state index contributed by atoms with van der Waals surface area (Å²) in [5, 5.41) is 11.4. The summed E-state index contributed by atoms with van der Waals surface area (Å²) in [5.74, 6) is 1.48. The normalized spacial score (nSPS) is 9.67. The van der Waals surface area contributed by atoms with E-state index < -0.39 is 5.09 Å². The van der Waals surface area contributed by atoms with Crippen molar-refractivity contribution in [3.8, 4) is 0 Å². The van der Waals surface area contributed by atoms with Crippen LogP contribution < -0.4 is 5.23 Å². The lowest BCUT2D eigenvalue weighted by Crippen LogP contribution is -2.11. The molecule has 0 aliphatic heterocycles. The van der Waals surface area contributed by atoms with Gasteiger partial charge < -0.3 is 10.1 Å². The van der Waals surface area contributed by atoms with Crippen molar-refractivity contribution in [3.05, 3.63) is 10.1 Å². The van der Waals surface area contributed by atoms with Gasteiger partial charge in [-0.1, -0.05) is 21.6 Å². The Morgan fingerprint density at radius 1 is 1.50 bits per heavy atom. The molecule has 1 N–H and O–H groups in total. The van der Waals surface area contributed by atoms with Gasteiger partial charge in [-0.25, -0.2) is 0 Å². The van der Waals surface area contributed by atoms with Gasteiger partial charge in [0.2, 0.25) is 0 Å². The van der Waals surface area contributed by atoms with Crippen molar-refractivity contribution in [2.75, 3.05) is 24.7 Å². The molecule has 12 heavy (non-hydrogen) atoms. The molecule has 2 radical (unpaired) electrons. The molecule has 0 amide bonds. The fourth-order valence-corrected chi connectivity index (χ4v) is 2.10. The molecule has 0 unspecified atom stereocenters. The van der Waals surface area contributed by atoms with Gasteiger partial charge in [0.15, 0.2) is 7.98 Å². The van der Waals surface area contributed by atoms with E-state index in [1.165, 1.54) is 10.8 Å². The molecular formula is C4H9BN2O3S2. The third kappa shape index (κ3) is 9.92. The van der Waals surface area contributed by atoms with Gasteiger partial charge >= 0.3 is 0 Å². The van der Waals surface area contributed by atoms with E-state index in [1.54, 1.807) is 10.8 Å². The molecule has 0 atom stereocenters. The van der Waals surface area contributed by atoms with Crippen molar-refractivity contribution in [2.45, 2.75) is 0 Å². The van der Waals surface area contributed by atoms with E-state index in [9.17, 15) is 10.1 Å². The minimum Gasteiger partial charge on any atom is -0.365 e. The number of rotatable bonds is 8. The Morgan fingerprint density at radius 2 is 2.17 bits per heavy atom. The minimum absolute atomic E-state index is 0.140. The SMILES string of the molecule is [B]NCCSSCCO[N+](=O)[O-]. The lowest BCUT2D eigenvalue weighted by molar-refractivity contribution is -0.756. The molecule has 8 heteroatoms. The van der Waals surface area contributed by atoms with Crippen LogP contribution in [0.3, 0.4) is 0 Å². The van der Waals surface area contributed by atoms with Crippen LogP contribution in [-0.2, 0) is 4.84 Å². The highest BCUT2D eigenvalue weighted by molar-refractivity contribution is 8.76. The van der Waals surface area contributed by atoms with E-state index in [0.29, 0.717) is 5.75 Å². The summed E-state index contributed by atoms with van der Waals surface area (Å²) in [5.41, 5.74) is 0. The molecule has 0 aliphatic rings. The molecule has 0 aliphatic carbocycles. The van der Waals surface area contributed by atoms with Crippen LogP contribution in [0.5, 0.6) is 0 Å². The second-order valence-electron chi connectivity index (χ2n) is 1.65. The van der Waals surface area contributed by atoms with Crippen LogP contribution >= 0.6 is 21.6 Å². The number of nitrogens with one attached hydrogen (secondary N) is 1. The van der Waals surface area contributed by atoms with Gasteiger partial charge in [0.05, 0.1) is 0 Å². The van der Waals surface area contributed by atoms with Gasteiger partial charge in [-0.05, 0) is 6.54 Å². The molecule has 0 heterocycles. The molecule has 0 aromatic rings. The lowest BCUT2D eigenvalue weighted by Gasteiger charge is -1.99. The van der Waals surface area contributed by atoms with Gasteiger partial charge in [-0.3, -0.25) is 0 Å². The third-order valence-corrected chi connectivity index (χ3v) is 3.15. The summed E-state index contributed by atoms with van der Waals surface area (Å²) < 4.78 is 0. The molecule has 0 rings (SSSR count). The highest BCUT2D eigenvalue weighted by atomic mass is 33.1. The number of nitrogens with zero attached hydrogens (tertiary/aromatic N) is 1. The topological polar surface area (TPSA) is 64.4 Å². The summed E-state index contributed by atoms with van der Waals surface area (Å²) in [6.07, 6.45) is 0. The summed E-state index contributed by atoms with van der Waals surface area (Å²) in [6, 6.07) is 0. The molecule has 68 valence electrons. The van der Waals surface area contributed by atoms with Gasteiger partial charge in [0, 0.05) is 11.5 Å². The van der Waals surface area contributed by atoms with E-state index in [-0.39, 0.29) is 6.61 Å². The zero-order chi connectivity index (χ0) is 9.23. The van der Waals surface area contributed by atoms with Crippen LogP contribution in [0.2, 0.25) is 0 Å². The molecule has 0 saturated heterocycles. The fraction of sp³-hybridized carbons (Fsp3) is 1.00. The van der Waals surface area contributed by atoms with E-state index in [0.717, 1.165) is 12.3 Å². The van der Waals surface area contributed by atoms with E-state index in [4.69, 9.17) is 7.98 Å². The standard InChI is InChI=1S/C4H9BN2O3S2/c5-6-1-3-11-12-4-2-10-7(8)9/h6H,1-4H2. The second kappa shape index (κ2) is 9.02. The maximum Gasteiger partial charge on any atom is 0.294 e. The first-order chi connectivity index (χ1) is 5.77. The first-order valence-corrected chi connectivity index (χ1v) is 5.71. The predicted molar refractivity (Wildman–Crippen MR) is 51.6 cm³/mol. The lowest BCUT2D eigenvalue weighted by atomic mass is 10.4. The summed E-state index contributed by atoms with van der Waals surface area (Å²) in [7, 11) is 8.15. The zero-order valence-corrected chi connectivity index (χ0v) is 8.03. The summed E-state index contributed by atoms with van der Waals surface area (Å²) >= 11 is 0. The van der Waals surface area contributed by atoms with Crippen molar-refractivity contribution >= 4 is 29.6 Å². The first-order valence-electron chi connectivity index (χ1n) is 3.22. The Labute approximate surface area is 79.9 Å². The monoisotopic (exact) mass is 208 g/mol. The van der Waals surface area contributed by atoms with Gasteiger partial charge in [0.25, 0.3) is 5.09 Å². The maximum absolute atomic E-state index is 9.68. The quantitative estimate of drug-likeness (QED) is 0.203. The van der Waals surface area contributed by atoms with Gasteiger partial charge in [-0.15, -0.1) is 10.1 Å². The van der Waals surface area contributed by atoms with Gasteiger partial charge in [-0.2, -0.15) is 0 Å². The molecule has 0 aromatic carbocycles. The average molecular weight is 208 g/mol. The van der Waals surface area contributed by atoms with Crippen LogP contribution in [0, 0.1) is 10.1 Å². The zero-order valence-electron chi connectivity index (χ0n) is 6.39. The summed E-state index contributed by atoms with van der Waals surface area (Å²) in [4.78, 5) is 13.8. The van der Waals surface area contributed by atoms with E-state index >= 15 is 0 Å². The van der Waals surface area contributed by atoms with Crippen molar-refractivity contribution in [1.29, 1.82) is 0 Å². The van der Waals surface area contributed by atoms with Crippen molar-refractivity contribution < 1.29 is 9.92 Å². The Kier molecular flexibility index (Phi) is 8.96. The third-order valence-electron chi connectivity index (χ3n) is 0.776. The van der Waals surface area contributed by atoms with Crippen molar-refractivity contribution in [1.82, 2.24) is 5.23 Å². The highest BCUT2D eigenvalue weighted by Gasteiger charge is 1.94. The maximum atomic E-state index is 9.68. The molecular weight excluding hydrogens is 199 g/mol. The van der Waals surface area contributed by atoms with Crippen molar-refractivity contribution in [2.24, 2.45) is 0 Å². The first kappa shape index (κ1) is 11.9. The van der Waals surface area contributed by atoms with Crippen LogP contribution in [0.15, 0.2) is 0 Å². The molecule has 0 spiro atoms. The Bertz CT molecular complexity index is 129. The Balaban J connectivity index is 2.86. The minimum atomic E-state index is -0.785. The van der Waals surface area contributed by atoms with E-state index in [1.807, 2.05) is 0 Å². The second-order valence-corrected chi connectivity index (χ2v) is 4.36. The largest absolute Gasteiger partial charge is 0.365 e.